The van der Waals surface area contributed by atoms with E-state index >= 15 is 0 Å². The van der Waals surface area contributed by atoms with Crippen LogP contribution in [-0.2, 0) is 4.74 Å². The van der Waals surface area contributed by atoms with Crippen LogP contribution in [0.1, 0.15) is 49.9 Å². The van der Waals surface area contributed by atoms with E-state index < -0.39 is 0 Å². The summed E-state index contributed by atoms with van der Waals surface area (Å²) >= 11 is 0. The van der Waals surface area contributed by atoms with E-state index in [0.717, 1.165) is 12.8 Å². The average molecular weight is 280 g/mol. The smallest absolute Gasteiger partial charge is 0.338 e. The van der Waals surface area contributed by atoms with Gasteiger partial charge in [-0.05, 0) is 31.5 Å². The number of carbonyl (C=O) groups excluding carboxylic acids is 1. The van der Waals surface area contributed by atoms with Crippen molar-refractivity contribution in [3.63, 3.8) is 0 Å². The van der Waals surface area contributed by atoms with Crippen molar-refractivity contribution in [1.29, 1.82) is 0 Å². The first-order chi connectivity index (χ1) is 9.72. The summed E-state index contributed by atoms with van der Waals surface area (Å²) in [5.74, 6) is 0.867. The van der Waals surface area contributed by atoms with Gasteiger partial charge in [-0.2, -0.15) is 0 Å². The molecule has 0 aliphatic carbocycles. The molecule has 0 heterocycles. The Kier molecular flexibility index (Phi) is 7.55. The van der Waals surface area contributed by atoms with Crippen LogP contribution in [0.15, 0.2) is 18.2 Å². The maximum atomic E-state index is 11.9. The number of benzene rings is 1. The van der Waals surface area contributed by atoms with Crippen molar-refractivity contribution >= 4 is 5.97 Å². The second-order valence-corrected chi connectivity index (χ2v) is 4.50. The standard InChI is InChI=1S/C16H24O4/c1-4-6-7-8-11-20-16(17)13-9-10-14(18-3)15(12-13)19-5-2/h9-10,12H,4-8,11H2,1-3H3. The molecule has 4 heteroatoms. The molecule has 0 spiro atoms. The predicted molar refractivity (Wildman–Crippen MR) is 78.6 cm³/mol. The van der Waals surface area contributed by atoms with Gasteiger partial charge in [-0.3, -0.25) is 0 Å². The fraction of sp³-hybridized carbons (Fsp3) is 0.562. The molecule has 0 aromatic heterocycles. The van der Waals surface area contributed by atoms with E-state index in [-0.39, 0.29) is 5.97 Å². The maximum absolute atomic E-state index is 11.9. The first-order valence-corrected chi connectivity index (χ1v) is 7.20. The van der Waals surface area contributed by atoms with Gasteiger partial charge in [-0.15, -0.1) is 0 Å². The summed E-state index contributed by atoms with van der Waals surface area (Å²) < 4.78 is 15.9. The largest absolute Gasteiger partial charge is 0.493 e. The number of methoxy groups -OCH3 is 1. The maximum Gasteiger partial charge on any atom is 0.338 e. The summed E-state index contributed by atoms with van der Waals surface area (Å²) in [4.78, 5) is 11.9. The highest BCUT2D eigenvalue weighted by atomic mass is 16.5. The molecule has 0 atom stereocenters. The van der Waals surface area contributed by atoms with Crippen LogP contribution in [0.3, 0.4) is 0 Å². The van der Waals surface area contributed by atoms with Gasteiger partial charge in [-0.25, -0.2) is 4.79 Å². The van der Waals surface area contributed by atoms with Crippen molar-refractivity contribution in [2.45, 2.75) is 39.5 Å². The number of rotatable bonds is 9. The van der Waals surface area contributed by atoms with E-state index in [2.05, 4.69) is 6.92 Å². The monoisotopic (exact) mass is 280 g/mol. The number of esters is 1. The molecular weight excluding hydrogens is 256 g/mol. The zero-order valence-corrected chi connectivity index (χ0v) is 12.6. The van der Waals surface area contributed by atoms with Crippen molar-refractivity contribution in [3.05, 3.63) is 23.8 Å². The number of ether oxygens (including phenoxy) is 3. The minimum absolute atomic E-state index is 0.315. The molecule has 0 saturated carbocycles. The molecule has 0 fully saturated rings. The third-order valence-corrected chi connectivity index (χ3v) is 2.93. The molecule has 0 unspecified atom stereocenters. The fourth-order valence-corrected chi connectivity index (χ4v) is 1.85. The Morgan fingerprint density at radius 3 is 2.55 bits per heavy atom. The molecule has 1 aromatic rings. The number of hydrogen-bond acceptors (Lipinski definition) is 4. The normalized spacial score (nSPS) is 10.2. The summed E-state index contributed by atoms with van der Waals surface area (Å²) in [6.07, 6.45) is 4.35. The molecule has 0 aliphatic heterocycles. The van der Waals surface area contributed by atoms with E-state index in [0.29, 0.717) is 30.3 Å². The zero-order valence-electron chi connectivity index (χ0n) is 12.6. The molecule has 4 nitrogen and oxygen atoms in total. The van der Waals surface area contributed by atoms with E-state index in [1.165, 1.54) is 12.8 Å². The van der Waals surface area contributed by atoms with Crippen molar-refractivity contribution in [2.24, 2.45) is 0 Å². The van der Waals surface area contributed by atoms with Crippen molar-refractivity contribution < 1.29 is 19.0 Å². The van der Waals surface area contributed by atoms with Crippen LogP contribution in [0.5, 0.6) is 11.5 Å². The quantitative estimate of drug-likeness (QED) is 0.509. The molecule has 112 valence electrons. The fourth-order valence-electron chi connectivity index (χ4n) is 1.85. The highest BCUT2D eigenvalue weighted by Gasteiger charge is 2.12. The van der Waals surface area contributed by atoms with E-state index in [4.69, 9.17) is 14.2 Å². The topological polar surface area (TPSA) is 44.8 Å². The molecule has 1 aromatic carbocycles. The van der Waals surface area contributed by atoms with Gasteiger partial charge in [0.25, 0.3) is 0 Å². The second kappa shape index (κ2) is 9.23. The molecular formula is C16H24O4. The lowest BCUT2D eigenvalue weighted by atomic mass is 10.2. The Morgan fingerprint density at radius 1 is 1.10 bits per heavy atom. The Morgan fingerprint density at radius 2 is 1.90 bits per heavy atom. The lowest BCUT2D eigenvalue weighted by molar-refractivity contribution is 0.0497. The number of hydrogen-bond donors (Lipinski definition) is 0. The van der Waals surface area contributed by atoms with Gasteiger partial charge in [0, 0.05) is 0 Å². The Bertz CT molecular complexity index is 415. The van der Waals surface area contributed by atoms with Crippen LogP contribution in [0.2, 0.25) is 0 Å². The third-order valence-electron chi connectivity index (χ3n) is 2.93. The van der Waals surface area contributed by atoms with Crippen LogP contribution in [0.25, 0.3) is 0 Å². The predicted octanol–water partition coefficient (Wildman–Crippen LogP) is 3.83. The SMILES string of the molecule is CCCCCCOC(=O)c1ccc(OC)c(OCC)c1. The highest BCUT2D eigenvalue weighted by molar-refractivity contribution is 5.90. The lowest BCUT2D eigenvalue weighted by Crippen LogP contribution is -2.07. The van der Waals surface area contributed by atoms with Crippen molar-refractivity contribution in [3.8, 4) is 11.5 Å². The van der Waals surface area contributed by atoms with Crippen LogP contribution < -0.4 is 9.47 Å². The molecule has 0 bridgehead atoms. The molecule has 0 radical (unpaired) electrons. The molecule has 1 rings (SSSR count). The van der Waals surface area contributed by atoms with Gasteiger partial charge in [0.1, 0.15) is 0 Å². The first kappa shape index (κ1) is 16.3. The van der Waals surface area contributed by atoms with Crippen molar-refractivity contribution in [2.75, 3.05) is 20.3 Å². The summed E-state index contributed by atoms with van der Waals surface area (Å²) in [7, 11) is 1.57. The van der Waals surface area contributed by atoms with Crippen LogP contribution in [-0.4, -0.2) is 26.3 Å². The van der Waals surface area contributed by atoms with E-state index in [9.17, 15) is 4.79 Å². The van der Waals surface area contributed by atoms with Gasteiger partial charge in [0.15, 0.2) is 11.5 Å². The summed E-state index contributed by atoms with van der Waals surface area (Å²) in [6.45, 7) is 5.03. The summed E-state index contributed by atoms with van der Waals surface area (Å²) in [5.41, 5.74) is 0.491. The van der Waals surface area contributed by atoms with E-state index in [1.807, 2.05) is 6.92 Å². The average Bonchev–Trinajstić information content (AvgIpc) is 2.47. The van der Waals surface area contributed by atoms with Gasteiger partial charge >= 0.3 is 5.97 Å². The van der Waals surface area contributed by atoms with Gasteiger partial charge in [-0.1, -0.05) is 26.2 Å². The highest BCUT2D eigenvalue weighted by Crippen LogP contribution is 2.28. The Balaban J connectivity index is 2.57. The Labute approximate surface area is 121 Å². The van der Waals surface area contributed by atoms with Crippen LogP contribution in [0, 0.1) is 0 Å². The van der Waals surface area contributed by atoms with Gasteiger partial charge in [0.2, 0.25) is 0 Å². The van der Waals surface area contributed by atoms with E-state index in [1.54, 1.807) is 25.3 Å². The lowest BCUT2D eigenvalue weighted by Gasteiger charge is -2.11. The first-order valence-electron chi connectivity index (χ1n) is 7.20. The minimum atomic E-state index is -0.315. The minimum Gasteiger partial charge on any atom is -0.493 e. The molecule has 0 saturated heterocycles. The molecule has 20 heavy (non-hydrogen) atoms. The molecule has 0 amide bonds. The zero-order chi connectivity index (χ0) is 14.8. The van der Waals surface area contributed by atoms with Crippen LogP contribution in [0.4, 0.5) is 0 Å². The second-order valence-electron chi connectivity index (χ2n) is 4.50. The van der Waals surface area contributed by atoms with Gasteiger partial charge < -0.3 is 14.2 Å². The van der Waals surface area contributed by atoms with Crippen LogP contribution >= 0.6 is 0 Å². The number of carbonyl (C=O) groups is 1. The number of unbranched alkanes of at least 4 members (excludes halogenated alkanes) is 3. The van der Waals surface area contributed by atoms with Gasteiger partial charge in [0.05, 0.1) is 25.9 Å². The Hall–Kier alpha value is -1.71. The van der Waals surface area contributed by atoms with Crippen molar-refractivity contribution in [1.82, 2.24) is 0 Å². The third kappa shape index (κ3) is 5.11. The summed E-state index contributed by atoms with van der Waals surface area (Å²) in [5, 5.41) is 0. The molecule has 0 aliphatic rings. The summed E-state index contributed by atoms with van der Waals surface area (Å²) in [6, 6.07) is 5.07. The molecule has 0 N–H and O–H groups in total.